The Labute approximate surface area is 114 Å². The van der Waals surface area contributed by atoms with Crippen molar-refractivity contribution in [1.82, 2.24) is 10.3 Å². The van der Waals surface area contributed by atoms with Crippen molar-refractivity contribution in [2.45, 2.75) is 26.1 Å². The molecule has 0 bridgehead atoms. The summed E-state index contributed by atoms with van der Waals surface area (Å²) in [6.45, 7) is 7.44. The molecule has 0 amide bonds. The number of likely N-dealkylation sites (N-methyl/N-ethyl adjacent to an activating group) is 1. The molecular formula is C14H23N3O2. The highest BCUT2D eigenvalue weighted by Gasteiger charge is 2.18. The first-order chi connectivity index (χ1) is 9.16. The number of hydrogen-bond donors (Lipinski definition) is 1. The van der Waals surface area contributed by atoms with E-state index in [2.05, 4.69) is 15.2 Å². The molecule has 2 heterocycles. The molecular weight excluding hydrogens is 242 g/mol. The minimum absolute atomic E-state index is 0.143. The number of aromatic nitrogens is 1. The highest BCUT2D eigenvalue weighted by atomic mass is 16.5. The van der Waals surface area contributed by atoms with Gasteiger partial charge in [0, 0.05) is 32.9 Å². The van der Waals surface area contributed by atoms with Crippen LogP contribution >= 0.6 is 0 Å². The van der Waals surface area contributed by atoms with Crippen molar-refractivity contribution in [3.63, 3.8) is 0 Å². The average molecular weight is 265 g/mol. The van der Waals surface area contributed by atoms with Crippen molar-refractivity contribution >= 4 is 5.82 Å². The zero-order valence-corrected chi connectivity index (χ0v) is 11.9. The van der Waals surface area contributed by atoms with Crippen LogP contribution in [0.25, 0.3) is 0 Å². The Balaban J connectivity index is 2.02. The van der Waals surface area contributed by atoms with Crippen LogP contribution in [0.2, 0.25) is 0 Å². The molecule has 5 heteroatoms. The molecule has 106 valence electrons. The van der Waals surface area contributed by atoms with Gasteiger partial charge in [-0.1, -0.05) is 0 Å². The first-order valence-corrected chi connectivity index (χ1v) is 6.82. The molecule has 0 saturated carbocycles. The Bertz CT molecular complexity index is 392. The van der Waals surface area contributed by atoms with E-state index in [1.165, 1.54) is 0 Å². The summed E-state index contributed by atoms with van der Waals surface area (Å²) in [5.41, 5.74) is 0. The van der Waals surface area contributed by atoms with Gasteiger partial charge < -0.3 is 19.7 Å². The lowest BCUT2D eigenvalue weighted by Gasteiger charge is -2.29. The van der Waals surface area contributed by atoms with E-state index in [4.69, 9.17) is 9.47 Å². The fourth-order valence-corrected chi connectivity index (χ4v) is 2.14. The second-order valence-corrected chi connectivity index (χ2v) is 5.07. The smallest absolute Gasteiger partial charge is 0.171 e. The van der Waals surface area contributed by atoms with Crippen molar-refractivity contribution in [3.8, 4) is 5.75 Å². The van der Waals surface area contributed by atoms with Gasteiger partial charge in [-0.3, -0.25) is 0 Å². The van der Waals surface area contributed by atoms with Crippen LogP contribution in [0.3, 0.4) is 0 Å². The van der Waals surface area contributed by atoms with Crippen LogP contribution in [0.5, 0.6) is 5.75 Å². The Kier molecular flexibility index (Phi) is 4.99. The molecule has 0 aliphatic carbocycles. The Morgan fingerprint density at radius 2 is 2.42 bits per heavy atom. The van der Waals surface area contributed by atoms with E-state index in [9.17, 15) is 0 Å². The number of morpholine rings is 1. The lowest BCUT2D eigenvalue weighted by Crippen LogP contribution is -2.44. The summed E-state index contributed by atoms with van der Waals surface area (Å²) in [5.74, 6) is 1.69. The molecule has 1 fully saturated rings. The fraction of sp³-hybridized carbons (Fsp3) is 0.643. The van der Waals surface area contributed by atoms with E-state index >= 15 is 0 Å². The van der Waals surface area contributed by atoms with Crippen LogP contribution in [0, 0.1) is 0 Å². The second-order valence-electron chi connectivity index (χ2n) is 5.07. The third kappa shape index (κ3) is 4.08. The molecule has 5 nitrogen and oxygen atoms in total. The van der Waals surface area contributed by atoms with Crippen molar-refractivity contribution in [1.29, 1.82) is 0 Å². The molecule has 1 N–H and O–H groups in total. The molecule has 2 rings (SSSR count). The van der Waals surface area contributed by atoms with Gasteiger partial charge in [0.05, 0.1) is 18.8 Å². The quantitative estimate of drug-likeness (QED) is 0.869. The monoisotopic (exact) mass is 265 g/mol. The van der Waals surface area contributed by atoms with Gasteiger partial charge in [-0.2, -0.15) is 0 Å². The van der Waals surface area contributed by atoms with Gasteiger partial charge in [-0.15, -0.1) is 0 Å². The fourth-order valence-electron chi connectivity index (χ4n) is 2.14. The summed E-state index contributed by atoms with van der Waals surface area (Å²) in [5, 5.41) is 3.34. The van der Waals surface area contributed by atoms with E-state index < -0.39 is 0 Å². The van der Waals surface area contributed by atoms with Crippen molar-refractivity contribution < 1.29 is 9.47 Å². The van der Waals surface area contributed by atoms with E-state index in [-0.39, 0.29) is 12.2 Å². The minimum Gasteiger partial charge on any atom is -0.487 e. The number of rotatable bonds is 5. The molecule has 1 aliphatic rings. The maximum Gasteiger partial charge on any atom is 0.171 e. The summed E-state index contributed by atoms with van der Waals surface area (Å²) >= 11 is 0. The summed E-state index contributed by atoms with van der Waals surface area (Å²) < 4.78 is 11.5. The SMILES string of the molecule is CC(C)Oc1cccnc1N(C)CC1CNCCO1. The minimum atomic E-state index is 0.143. The van der Waals surface area contributed by atoms with Crippen molar-refractivity contribution in [2.24, 2.45) is 0 Å². The van der Waals surface area contributed by atoms with E-state index in [0.717, 1.165) is 37.8 Å². The zero-order valence-electron chi connectivity index (χ0n) is 11.9. The average Bonchev–Trinajstić information content (AvgIpc) is 2.39. The maximum atomic E-state index is 5.80. The lowest BCUT2D eigenvalue weighted by atomic mass is 10.3. The number of nitrogens with zero attached hydrogens (tertiary/aromatic N) is 2. The van der Waals surface area contributed by atoms with Gasteiger partial charge in [0.25, 0.3) is 0 Å². The molecule has 1 saturated heterocycles. The van der Waals surface area contributed by atoms with Crippen LogP contribution in [0.1, 0.15) is 13.8 Å². The molecule has 0 radical (unpaired) electrons. The molecule has 1 atom stereocenters. The number of anilines is 1. The van der Waals surface area contributed by atoms with Crippen LogP contribution < -0.4 is 15.0 Å². The Hall–Kier alpha value is -1.33. The summed E-state index contributed by atoms with van der Waals surface area (Å²) in [6, 6.07) is 3.85. The molecule has 0 spiro atoms. The van der Waals surface area contributed by atoms with Crippen molar-refractivity contribution in [2.75, 3.05) is 38.2 Å². The third-order valence-corrected chi connectivity index (χ3v) is 2.96. The normalized spacial score (nSPS) is 19.5. The first kappa shape index (κ1) is 14.1. The van der Waals surface area contributed by atoms with Crippen molar-refractivity contribution in [3.05, 3.63) is 18.3 Å². The first-order valence-electron chi connectivity index (χ1n) is 6.82. The summed E-state index contributed by atoms with van der Waals surface area (Å²) in [6.07, 6.45) is 2.13. The van der Waals surface area contributed by atoms with Gasteiger partial charge in [-0.05, 0) is 26.0 Å². The van der Waals surface area contributed by atoms with Gasteiger partial charge in [-0.25, -0.2) is 4.98 Å². The molecule has 0 aromatic carbocycles. The highest BCUT2D eigenvalue weighted by Crippen LogP contribution is 2.25. The van der Waals surface area contributed by atoms with Gasteiger partial charge in [0.1, 0.15) is 0 Å². The van der Waals surface area contributed by atoms with Crippen LogP contribution in [0.4, 0.5) is 5.82 Å². The van der Waals surface area contributed by atoms with Crippen LogP contribution in [-0.2, 0) is 4.74 Å². The van der Waals surface area contributed by atoms with E-state index in [0.29, 0.717) is 0 Å². The van der Waals surface area contributed by atoms with Crippen LogP contribution in [0.15, 0.2) is 18.3 Å². The Morgan fingerprint density at radius 3 is 3.11 bits per heavy atom. The maximum absolute atomic E-state index is 5.80. The highest BCUT2D eigenvalue weighted by molar-refractivity contribution is 5.51. The molecule has 1 aliphatic heterocycles. The summed E-state index contributed by atoms with van der Waals surface area (Å²) in [4.78, 5) is 6.51. The molecule has 19 heavy (non-hydrogen) atoms. The van der Waals surface area contributed by atoms with Gasteiger partial charge >= 0.3 is 0 Å². The number of hydrogen-bond acceptors (Lipinski definition) is 5. The van der Waals surface area contributed by atoms with E-state index in [1.807, 2.05) is 33.0 Å². The summed E-state index contributed by atoms with van der Waals surface area (Å²) in [7, 11) is 2.02. The molecule has 1 aromatic rings. The third-order valence-electron chi connectivity index (χ3n) is 2.96. The second kappa shape index (κ2) is 6.73. The molecule has 1 aromatic heterocycles. The lowest BCUT2D eigenvalue weighted by molar-refractivity contribution is 0.0338. The number of nitrogens with one attached hydrogen (secondary N) is 1. The Morgan fingerprint density at radius 1 is 1.58 bits per heavy atom. The van der Waals surface area contributed by atoms with Gasteiger partial charge in [0.2, 0.25) is 0 Å². The molecule has 1 unspecified atom stereocenters. The zero-order chi connectivity index (χ0) is 13.7. The predicted octanol–water partition coefficient (Wildman–Crippen LogP) is 1.29. The number of ether oxygens (including phenoxy) is 2. The van der Waals surface area contributed by atoms with Gasteiger partial charge in [0.15, 0.2) is 11.6 Å². The standard InChI is InChI=1S/C14H23N3O2/c1-11(2)19-13-5-4-6-16-14(13)17(3)10-12-9-15-7-8-18-12/h4-6,11-12,15H,7-10H2,1-3H3. The van der Waals surface area contributed by atoms with Crippen LogP contribution in [-0.4, -0.2) is 50.5 Å². The number of pyridine rings is 1. The predicted molar refractivity (Wildman–Crippen MR) is 75.9 cm³/mol. The van der Waals surface area contributed by atoms with E-state index in [1.54, 1.807) is 6.20 Å². The topological polar surface area (TPSA) is 46.6 Å². The largest absolute Gasteiger partial charge is 0.487 e.